The van der Waals surface area contributed by atoms with Crippen molar-refractivity contribution < 1.29 is 14.0 Å². The third kappa shape index (κ3) is 2.59. The van der Waals surface area contributed by atoms with Crippen LogP contribution in [0.3, 0.4) is 0 Å². The van der Waals surface area contributed by atoms with E-state index in [0.29, 0.717) is 22.2 Å². The van der Waals surface area contributed by atoms with Crippen LogP contribution in [-0.4, -0.2) is 16.3 Å². The van der Waals surface area contributed by atoms with E-state index >= 15 is 0 Å². The number of amides is 1. The average molecular weight is 331 g/mol. The Bertz CT molecular complexity index is 963. The first-order valence-electron chi connectivity index (χ1n) is 6.80. The number of Topliss-reactive ketones (excluding diaryl/α,β-unsaturated/α-hetero) is 1. The summed E-state index contributed by atoms with van der Waals surface area (Å²) in [5, 5.41) is 0.909. The van der Waals surface area contributed by atoms with E-state index in [1.54, 1.807) is 22.9 Å². The Hall–Kier alpha value is -2.66. The van der Waals surface area contributed by atoms with Gasteiger partial charge in [-0.1, -0.05) is 11.6 Å². The Morgan fingerprint density at radius 1 is 1.17 bits per heavy atom. The lowest BCUT2D eigenvalue weighted by atomic mass is 10.1. The standard InChI is InChI=1S/C17H12ClFN2O2/c1-9(22)13-8-21(16-7-11(19)3-4-12(13)16)15-5-2-10(17(20)23)6-14(15)18/h2-8H,1H3,(H2,20,23). The summed E-state index contributed by atoms with van der Waals surface area (Å²) in [5.74, 6) is -1.15. The number of benzene rings is 2. The first-order valence-corrected chi connectivity index (χ1v) is 7.17. The van der Waals surface area contributed by atoms with Crippen LogP contribution in [0.2, 0.25) is 5.02 Å². The fourth-order valence-corrected chi connectivity index (χ4v) is 2.81. The Balaban J connectivity index is 2.30. The molecule has 0 aliphatic heterocycles. The lowest BCUT2D eigenvalue weighted by molar-refractivity contribution is 0.0996. The lowest BCUT2D eigenvalue weighted by Crippen LogP contribution is -2.11. The molecule has 0 aliphatic carbocycles. The van der Waals surface area contributed by atoms with Gasteiger partial charge in [0.05, 0.1) is 16.2 Å². The van der Waals surface area contributed by atoms with Crippen molar-refractivity contribution in [3.63, 3.8) is 0 Å². The third-order valence-electron chi connectivity index (χ3n) is 3.64. The van der Waals surface area contributed by atoms with Crippen molar-refractivity contribution in [2.45, 2.75) is 6.92 Å². The van der Waals surface area contributed by atoms with E-state index in [4.69, 9.17) is 17.3 Å². The van der Waals surface area contributed by atoms with Crippen molar-refractivity contribution >= 4 is 34.2 Å². The number of carbonyl (C=O) groups is 2. The van der Waals surface area contributed by atoms with Crippen molar-refractivity contribution in [3.05, 3.63) is 64.6 Å². The zero-order valence-corrected chi connectivity index (χ0v) is 12.9. The molecule has 1 amide bonds. The zero-order valence-electron chi connectivity index (χ0n) is 12.1. The van der Waals surface area contributed by atoms with E-state index in [9.17, 15) is 14.0 Å². The van der Waals surface area contributed by atoms with Gasteiger partial charge in [-0.3, -0.25) is 9.59 Å². The molecule has 0 saturated heterocycles. The van der Waals surface area contributed by atoms with Gasteiger partial charge in [0.2, 0.25) is 5.91 Å². The van der Waals surface area contributed by atoms with Gasteiger partial charge in [0.25, 0.3) is 0 Å². The van der Waals surface area contributed by atoms with E-state index in [2.05, 4.69) is 0 Å². The number of halogens is 2. The van der Waals surface area contributed by atoms with Crippen molar-refractivity contribution in [3.8, 4) is 5.69 Å². The smallest absolute Gasteiger partial charge is 0.248 e. The molecule has 3 rings (SSSR count). The average Bonchev–Trinajstić information content (AvgIpc) is 2.85. The minimum Gasteiger partial charge on any atom is -0.366 e. The molecule has 0 bridgehead atoms. The Morgan fingerprint density at radius 3 is 2.52 bits per heavy atom. The molecule has 116 valence electrons. The van der Waals surface area contributed by atoms with Gasteiger partial charge in [0.1, 0.15) is 5.82 Å². The molecule has 0 saturated carbocycles. The van der Waals surface area contributed by atoms with Crippen LogP contribution in [0.15, 0.2) is 42.6 Å². The van der Waals surface area contributed by atoms with Gasteiger partial charge in [-0.05, 0) is 43.3 Å². The molecule has 6 heteroatoms. The highest BCUT2D eigenvalue weighted by Crippen LogP contribution is 2.30. The maximum atomic E-state index is 13.6. The highest BCUT2D eigenvalue weighted by Gasteiger charge is 2.16. The van der Waals surface area contributed by atoms with Crippen LogP contribution >= 0.6 is 11.6 Å². The zero-order chi connectivity index (χ0) is 16.7. The molecule has 23 heavy (non-hydrogen) atoms. The SMILES string of the molecule is CC(=O)c1cn(-c2ccc(C(N)=O)cc2Cl)c2cc(F)ccc12. The summed E-state index contributed by atoms with van der Waals surface area (Å²) in [7, 11) is 0. The molecular weight excluding hydrogens is 319 g/mol. The topological polar surface area (TPSA) is 65.1 Å². The quantitative estimate of drug-likeness (QED) is 0.744. The number of fused-ring (bicyclic) bond motifs is 1. The van der Waals surface area contributed by atoms with Crippen molar-refractivity contribution in [1.29, 1.82) is 0 Å². The molecule has 0 aliphatic rings. The van der Waals surface area contributed by atoms with E-state index in [1.807, 2.05) is 0 Å². The molecule has 2 N–H and O–H groups in total. The number of nitrogens with two attached hydrogens (primary N) is 1. The number of nitrogens with zero attached hydrogens (tertiary/aromatic N) is 1. The summed E-state index contributed by atoms with van der Waals surface area (Å²) in [6.45, 7) is 1.44. The molecule has 1 heterocycles. The predicted molar refractivity (Wildman–Crippen MR) is 86.8 cm³/mol. The summed E-state index contributed by atoms with van der Waals surface area (Å²) >= 11 is 6.23. The first kappa shape index (κ1) is 15.2. The summed E-state index contributed by atoms with van der Waals surface area (Å²) in [6.07, 6.45) is 1.61. The number of ketones is 1. The highest BCUT2D eigenvalue weighted by atomic mass is 35.5. The van der Waals surface area contributed by atoms with Crippen molar-refractivity contribution in [2.24, 2.45) is 5.73 Å². The van der Waals surface area contributed by atoms with Gasteiger partial charge in [-0.15, -0.1) is 0 Å². The molecular formula is C17H12ClFN2O2. The maximum absolute atomic E-state index is 13.6. The molecule has 1 aromatic heterocycles. The van der Waals surface area contributed by atoms with E-state index < -0.39 is 11.7 Å². The van der Waals surface area contributed by atoms with Gasteiger partial charge in [-0.25, -0.2) is 4.39 Å². The minimum atomic E-state index is -0.591. The monoisotopic (exact) mass is 330 g/mol. The molecule has 3 aromatic rings. The summed E-state index contributed by atoms with van der Waals surface area (Å²) in [4.78, 5) is 23.0. The van der Waals surface area contributed by atoms with E-state index in [0.717, 1.165) is 0 Å². The van der Waals surface area contributed by atoms with Crippen LogP contribution in [-0.2, 0) is 0 Å². The largest absolute Gasteiger partial charge is 0.366 e. The summed E-state index contributed by atoms with van der Waals surface area (Å²) in [6, 6.07) is 8.77. The van der Waals surface area contributed by atoms with Gasteiger partial charge in [-0.2, -0.15) is 0 Å². The van der Waals surface area contributed by atoms with Crippen molar-refractivity contribution in [1.82, 2.24) is 4.57 Å². The van der Waals surface area contributed by atoms with Crippen LogP contribution in [0.1, 0.15) is 27.6 Å². The van der Waals surface area contributed by atoms with Crippen LogP contribution in [0.4, 0.5) is 4.39 Å². The Kier molecular flexibility index (Phi) is 3.66. The fraction of sp³-hybridized carbons (Fsp3) is 0.0588. The number of rotatable bonds is 3. The lowest BCUT2D eigenvalue weighted by Gasteiger charge is -2.09. The van der Waals surface area contributed by atoms with Gasteiger partial charge in [0.15, 0.2) is 5.78 Å². The number of aromatic nitrogens is 1. The van der Waals surface area contributed by atoms with Gasteiger partial charge in [0, 0.05) is 22.7 Å². The molecule has 0 atom stereocenters. The second kappa shape index (κ2) is 5.52. The normalized spacial score (nSPS) is 10.9. The third-order valence-corrected chi connectivity index (χ3v) is 3.94. The van der Waals surface area contributed by atoms with Crippen LogP contribution in [0.5, 0.6) is 0 Å². The fourth-order valence-electron chi connectivity index (χ4n) is 2.54. The van der Waals surface area contributed by atoms with Crippen LogP contribution < -0.4 is 5.73 Å². The second-order valence-corrected chi connectivity index (χ2v) is 5.57. The molecule has 4 nitrogen and oxygen atoms in total. The molecule has 0 unspecified atom stereocenters. The summed E-state index contributed by atoms with van der Waals surface area (Å²) in [5.41, 5.74) is 7.01. The van der Waals surface area contributed by atoms with E-state index in [-0.39, 0.29) is 16.4 Å². The minimum absolute atomic E-state index is 0.134. The number of hydrogen-bond donors (Lipinski definition) is 1. The summed E-state index contributed by atoms with van der Waals surface area (Å²) < 4.78 is 15.2. The molecule has 2 aromatic carbocycles. The second-order valence-electron chi connectivity index (χ2n) is 5.16. The van der Waals surface area contributed by atoms with Crippen molar-refractivity contribution in [2.75, 3.05) is 0 Å². The molecule has 0 spiro atoms. The van der Waals surface area contributed by atoms with Gasteiger partial charge >= 0.3 is 0 Å². The van der Waals surface area contributed by atoms with Crippen LogP contribution in [0.25, 0.3) is 16.6 Å². The Morgan fingerprint density at radius 2 is 1.91 bits per heavy atom. The molecule has 0 fully saturated rings. The number of primary amides is 1. The van der Waals surface area contributed by atoms with Gasteiger partial charge < -0.3 is 10.3 Å². The Labute approximate surface area is 136 Å². The highest BCUT2D eigenvalue weighted by molar-refractivity contribution is 6.33. The first-order chi connectivity index (χ1) is 10.9. The van der Waals surface area contributed by atoms with Crippen LogP contribution in [0, 0.1) is 5.82 Å². The molecule has 0 radical (unpaired) electrons. The maximum Gasteiger partial charge on any atom is 0.248 e. The predicted octanol–water partition coefficient (Wildman–Crippen LogP) is 3.72. The number of carbonyl (C=O) groups excluding carboxylic acids is 2. The number of hydrogen-bond acceptors (Lipinski definition) is 2. The van der Waals surface area contributed by atoms with E-state index in [1.165, 1.54) is 31.2 Å².